The minimum absolute atomic E-state index is 0.318. The van der Waals surface area contributed by atoms with E-state index < -0.39 is 59.6 Å². The lowest BCUT2D eigenvalue weighted by atomic mass is 10.1. The van der Waals surface area contributed by atoms with Crippen molar-refractivity contribution in [2.45, 2.75) is 44.2 Å². The van der Waals surface area contributed by atoms with E-state index in [9.17, 15) is 19.4 Å². The van der Waals surface area contributed by atoms with Gasteiger partial charge in [-0.2, -0.15) is 0 Å². The van der Waals surface area contributed by atoms with Gasteiger partial charge < -0.3 is 35.6 Å². The zero-order valence-corrected chi connectivity index (χ0v) is 14.7. The Morgan fingerprint density at radius 1 is 1.73 bits per heavy atom. The van der Waals surface area contributed by atoms with Crippen LogP contribution in [0.3, 0.4) is 0 Å². The van der Waals surface area contributed by atoms with E-state index in [1.165, 1.54) is 13.8 Å². The summed E-state index contributed by atoms with van der Waals surface area (Å²) in [5.74, 6) is -7.14. The van der Waals surface area contributed by atoms with Gasteiger partial charge in [0, 0.05) is 6.20 Å². The van der Waals surface area contributed by atoms with Gasteiger partial charge in [0.1, 0.15) is 29.1 Å². The molecule has 2 aliphatic heterocycles. The van der Waals surface area contributed by atoms with Crippen LogP contribution in [0.2, 0.25) is 0 Å². The molecule has 11 heteroatoms. The summed E-state index contributed by atoms with van der Waals surface area (Å²) in [5, 5.41) is 22.6. The van der Waals surface area contributed by atoms with Crippen LogP contribution < -0.4 is 11.1 Å². The molecule has 0 unspecified atom stereocenters. The predicted molar refractivity (Wildman–Crippen MR) is 90.4 cm³/mol. The number of halogens is 2. The molecule has 0 saturated carbocycles. The number of carbonyl (C=O) groups excluding carboxylic acids is 1. The van der Waals surface area contributed by atoms with Gasteiger partial charge in [-0.3, -0.25) is 4.79 Å². The number of carbonyl (C=O) groups is 1. The first kappa shape index (κ1) is 16.5. The summed E-state index contributed by atoms with van der Waals surface area (Å²) in [4.78, 5) is 12.0. The number of esters is 1. The van der Waals surface area contributed by atoms with Gasteiger partial charge in [0.15, 0.2) is 18.6 Å². The molecule has 0 bridgehead atoms. The van der Waals surface area contributed by atoms with Crippen LogP contribution in [0.15, 0.2) is 24.4 Å². The second-order valence-corrected chi connectivity index (χ2v) is 6.42. The van der Waals surface area contributed by atoms with Gasteiger partial charge in [0.2, 0.25) is 0 Å². The highest BCUT2D eigenvalue weighted by molar-refractivity contribution is 7.80. The number of ether oxygens (including phenoxy) is 2. The van der Waals surface area contributed by atoms with Gasteiger partial charge >= 0.3 is 5.97 Å². The summed E-state index contributed by atoms with van der Waals surface area (Å²) in [6, 6.07) is -1.32. The molecule has 0 aromatic carbocycles. The Balaban J connectivity index is 2.39. The Morgan fingerprint density at radius 2 is 2.35 bits per heavy atom. The van der Waals surface area contributed by atoms with Crippen molar-refractivity contribution in [2.24, 2.45) is 11.7 Å². The quantitative estimate of drug-likeness (QED) is 0.369. The van der Waals surface area contributed by atoms with Gasteiger partial charge in [0.25, 0.3) is 5.85 Å². The van der Waals surface area contributed by atoms with Gasteiger partial charge in [-0.05, 0) is 5.92 Å². The average molecular weight is 396 g/mol. The van der Waals surface area contributed by atoms with Crippen molar-refractivity contribution in [1.82, 2.24) is 10.2 Å². The van der Waals surface area contributed by atoms with Crippen LogP contribution in [0.5, 0.6) is 0 Å². The number of nitrogens with zero attached hydrogens (tertiary/aromatic N) is 1. The highest BCUT2D eigenvalue weighted by Gasteiger charge is 2.58. The van der Waals surface area contributed by atoms with E-state index in [0.717, 1.165) is 0 Å². The molecular formula is C15H21F2N3O5S. The molecule has 0 amide bonds. The van der Waals surface area contributed by atoms with Crippen LogP contribution in [0.1, 0.15) is 18.0 Å². The second kappa shape index (κ2) is 7.53. The number of hydrogen-bond acceptors (Lipinski definition) is 8. The Kier molecular flexibility index (Phi) is 4.78. The lowest BCUT2D eigenvalue weighted by Crippen LogP contribution is -2.47. The van der Waals surface area contributed by atoms with Crippen molar-refractivity contribution in [3.05, 3.63) is 24.4 Å². The molecule has 8 nitrogen and oxygen atoms in total. The van der Waals surface area contributed by atoms with Crippen LogP contribution >= 0.6 is 12.2 Å². The van der Waals surface area contributed by atoms with Gasteiger partial charge in [-0.15, -0.1) is 0 Å². The molecule has 2 rings (SSSR count). The Hall–Kier alpha value is -1.66. The van der Waals surface area contributed by atoms with Crippen molar-refractivity contribution in [3.63, 3.8) is 0 Å². The molecule has 1 saturated heterocycles. The molecule has 0 aromatic heterocycles. The van der Waals surface area contributed by atoms with E-state index in [0.29, 0.717) is 11.1 Å². The molecule has 0 spiro atoms. The van der Waals surface area contributed by atoms with Crippen molar-refractivity contribution >= 4 is 23.2 Å². The van der Waals surface area contributed by atoms with E-state index in [1.54, 1.807) is 0 Å². The normalized spacial score (nSPS) is 38.2. The lowest BCUT2D eigenvalue weighted by Gasteiger charge is -2.33. The van der Waals surface area contributed by atoms with Crippen LogP contribution in [0.25, 0.3) is 0 Å². The molecule has 5 N–H and O–H groups in total. The van der Waals surface area contributed by atoms with E-state index in [2.05, 4.69) is 28.9 Å². The van der Waals surface area contributed by atoms with Crippen molar-refractivity contribution < 1.29 is 37.4 Å². The summed E-state index contributed by atoms with van der Waals surface area (Å²) in [5.41, 5.74) is 5.54. The van der Waals surface area contributed by atoms with Crippen LogP contribution in [0, 0.1) is 5.92 Å². The van der Waals surface area contributed by atoms with Crippen LogP contribution in [-0.4, -0.2) is 62.9 Å². The molecule has 2 heterocycles. The fraction of sp³-hybridized carbons (Fsp3) is 0.600. The summed E-state index contributed by atoms with van der Waals surface area (Å²) >= 11 is 4.66. The highest BCUT2D eigenvalue weighted by atomic mass is 32.1. The van der Waals surface area contributed by atoms with E-state index in [4.69, 9.17) is 14.6 Å². The number of aliphatic hydroxyl groups excluding tert-OH is 2. The monoisotopic (exact) mass is 396 g/mol. The van der Waals surface area contributed by atoms with Crippen LogP contribution in [-0.2, 0) is 14.3 Å². The third-order valence-corrected chi connectivity index (χ3v) is 4.01. The molecule has 0 aromatic rings. The fourth-order valence-electron chi connectivity index (χ4n) is 2.04. The maximum atomic E-state index is 15.4. The van der Waals surface area contributed by atoms with Crippen LogP contribution in [0.4, 0.5) is 8.78 Å². The average Bonchev–Trinajstić information content (AvgIpc) is 2.79. The first-order chi connectivity index (χ1) is 13.1. The molecule has 0 aliphatic carbocycles. The maximum Gasteiger partial charge on any atom is 0.323 e. The number of nitrogens with two attached hydrogens (primary N) is 1. The Morgan fingerprint density at radius 3 is 2.92 bits per heavy atom. The van der Waals surface area contributed by atoms with Gasteiger partial charge in [-0.1, -0.05) is 32.6 Å². The van der Waals surface area contributed by atoms with Crippen molar-refractivity contribution in [3.8, 4) is 0 Å². The maximum absolute atomic E-state index is 15.4. The molecule has 2 aliphatic rings. The Bertz CT molecular complexity index is 773. The lowest BCUT2D eigenvalue weighted by molar-refractivity contribution is -0.219. The number of rotatable bonds is 5. The number of aliphatic hydroxyl groups is 2. The minimum Gasteiger partial charge on any atom is -0.458 e. The molecule has 146 valence electrons. The minimum atomic E-state index is -3.91. The molecule has 26 heavy (non-hydrogen) atoms. The fourth-order valence-corrected chi connectivity index (χ4v) is 2.21. The zero-order valence-electron chi connectivity index (χ0n) is 16.9. The Labute approximate surface area is 158 Å². The third kappa shape index (κ3) is 3.86. The standard InChI is InChI=1S/C15H21F2N3O5S/c1-6(2)9(18)14(23)24-5-15(17)11(22)10(21)13(25-15)20-4-8(16)12(26)19-7(20)3/h4,6,9-11,13,21-22H,3,5,18H2,1-2H3,(H,19,26)/t9-,10+,11-,13+,15+/m0/s1/i5D2,13D. The summed E-state index contributed by atoms with van der Waals surface area (Å²) in [7, 11) is 0. The van der Waals surface area contributed by atoms with Crippen molar-refractivity contribution in [1.29, 1.82) is 0 Å². The first-order valence-corrected chi connectivity index (χ1v) is 7.90. The summed E-state index contributed by atoms with van der Waals surface area (Å²) < 4.78 is 62.3. The van der Waals surface area contributed by atoms with Crippen molar-refractivity contribution in [2.75, 3.05) is 6.56 Å². The van der Waals surface area contributed by atoms with E-state index in [-0.39, 0.29) is 5.82 Å². The number of alkyl halides is 1. The number of thiocarbonyl (C=S) groups is 1. The summed E-state index contributed by atoms with van der Waals surface area (Å²) in [6.45, 7) is 2.83. The zero-order chi connectivity index (χ0) is 22.5. The number of nitrogens with one attached hydrogen (secondary N) is 1. The molecule has 1 fully saturated rings. The highest BCUT2D eigenvalue weighted by Crippen LogP contribution is 2.36. The topological polar surface area (TPSA) is 117 Å². The molecule has 5 atom stereocenters. The van der Waals surface area contributed by atoms with E-state index >= 15 is 4.39 Å². The first-order valence-electron chi connectivity index (χ1n) is 8.99. The SMILES string of the molecule is [2H]C([2H])(OC(=O)[C@@H](N)C(C)C)[C@@]1(F)O[C@@]([2H])(N2C=C(F)C(=S)NC2=C)[C@H](O)[C@@H]1O. The smallest absolute Gasteiger partial charge is 0.323 e. The van der Waals surface area contributed by atoms with E-state index in [1.807, 2.05) is 0 Å². The van der Waals surface area contributed by atoms with Gasteiger partial charge in [0.05, 0.1) is 4.11 Å². The summed E-state index contributed by atoms with van der Waals surface area (Å²) in [6.07, 6.45) is -7.59. The second-order valence-electron chi connectivity index (χ2n) is 6.02. The molecular weight excluding hydrogens is 372 g/mol. The third-order valence-electron chi connectivity index (χ3n) is 3.71. The predicted octanol–water partition coefficient (Wildman–Crippen LogP) is -0.229. The molecule has 0 radical (unpaired) electrons. The number of hydrogen-bond donors (Lipinski definition) is 4. The van der Waals surface area contributed by atoms with Gasteiger partial charge in [-0.25, -0.2) is 8.78 Å². The largest absolute Gasteiger partial charge is 0.458 e.